The number of likely N-dealkylation sites (tertiary alicyclic amines) is 1. The number of nitrogens with zero attached hydrogens (tertiary/aromatic N) is 1. The number of methoxy groups -OCH3 is 1. The average Bonchev–Trinajstić information content (AvgIpc) is 3.03. The van der Waals surface area contributed by atoms with E-state index in [4.69, 9.17) is 9.47 Å². The van der Waals surface area contributed by atoms with Gasteiger partial charge in [0.15, 0.2) is 0 Å². The maximum absolute atomic E-state index is 12.0. The molecule has 1 aromatic rings. The molecule has 1 aliphatic rings. The van der Waals surface area contributed by atoms with Gasteiger partial charge in [-0.1, -0.05) is 12.1 Å². The summed E-state index contributed by atoms with van der Waals surface area (Å²) >= 11 is 0. The highest BCUT2D eigenvalue weighted by Gasteiger charge is 2.22. The Bertz CT molecular complexity index is 533. The van der Waals surface area contributed by atoms with Crippen molar-refractivity contribution in [3.05, 3.63) is 29.3 Å². The van der Waals surface area contributed by atoms with Crippen LogP contribution in [0.4, 0.5) is 0 Å². The minimum atomic E-state index is 0.0654. The smallest absolute Gasteiger partial charge is 0.223 e. The molecule has 1 amide bonds. The number of nitrogens with one attached hydrogen (secondary N) is 1. The van der Waals surface area contributed by atoms with Gasteiger partial charge in [0.2, 0.25) is 5.91 Å². The van der Waals surface area contributed by atoms with Crippen LogP contribution in [0.15, 0.2) is 18.2 Å². The molecule has 1 saturated heterocycles. The van der Waals surface area contributed by atoms with E-state index >= 15 is 0 Å². The van der Waals surface area contributed by atoms with Crippen molar-refractivity contribution in [1.29, 1.82) is 0 Å². The Labute approximate surface area is 145 Å². The van der Waals surface area contributed by atoms with Crippen LogP contribution in [0.1, 0.15) is 24.0 Å². The molecule has 0 radical (unpaired) electrons. The predicted molar refractivity (Wildman–Crippen MR) is 95.5 cm³/mol. The number of amides is 1. The molecule has 134 valence electrons. The molecule has 24 heavy (non-hydrogen) atoms. The lowest BCUT2D eigenvalue weighted by molar-refractivity contribution is -0.121. The number of benzene rings is 1. The Hall–Kier alpha value is -1.59. The van der Waals surface area contributed by atoms with E-state index in [-0.39, 0.29) is 5.91 Å². The van der Waals surface area contributed by atoms with E-state index in [9.17, 15) is 4.79 Å². The maximum Gasteiger partial charge on any atom is 0.223 e. The Morgan fingerprint density at radius 2 is 2.17 bits per heavy atom. The maximum atomic E-state index is 12.0. The normalized spacial score (nSPS) is 17.9. The van der Waals surface area contributed by atoms with Crippen LogP contribution in [0.5, 0.6) is 5.75 Å². The van der Waals surface area contributed by atoms with Crippen LogP contribution in [0.3, 0.4) is 0 Å². The summed E-state index contributed by atoms with van der Waals surface area (Å²) in [7, 11) is 1.73. The summed E-state index contributed by atoms with van der Waals surface area (Å²) in [6.45, 7) is 9.17. The third-order valence-corrected chi connectivity index (χ3v) is 4.71. The first-order chi connectivity index (χ1) is 11.6. The summed E-state index contributed by atoms with van der Waals surface area (Å²) in [5.41, 5.74) is 2.34. The third-order valence-electron chi connectivity index (χ3n) is 4.71. The van der Waals surface area contributed by atoms with E-state index in [0.717, 1.165) is 50.5 Å². The van der Waals surface area contributed by atoms with Gasteiger partial charge in [0.25, 0.3) is 0 Å². The summed E-state index contributed by atoms with van der Waals surface area (Å²) in [5.74, 6) is 1.48. The van der Waals surface area contributed by atoms with Crippen LogP contribution in [0.25, 0.3) is 0 Å². The quantitative estimate of drug-likeness (QED) is 0.752. The van der Waals surface area contributed by atoms with Gasteiger partial charge in [-0.2, -0.15) is 0 Å². The minimum absolute atomic E-state index is 0.0654. The number of carbonyl (C=O) groups is 1. The van der Waals surface area contributed by atoms with Gasteiger partial charge < -0.3 is 19.7 Å². The topological polar surface area (TPSA) is 50.8 Å². The van der Waals surface area contributed by atoms with Crippen molar-refractivity contribution in [2.75, 3.05) is 46.5 Å². The van der Waals surface area contributed by atoms with Gasteiger partial charge in [0.1, 0.15) is 5.75 Å². The second-order valence-corrected chi connectivity index (χ2v) is 6.55. The molecular weight excluding hydrogens is 304 g/mol. The van der Waals surface area contributed by atoms with Gasteiger partial charge in [-0.05, 0) is 49.9 Å². The van der Waals surface area contributed by atoms with E-state index in [1.54, 1.807) is 7.11 Å². The Morgan fingerprint density at radius 3 is 2.96 bits per heavy atom. The molecule has 5 nitrogen and oxygen atoms in total. The molecule has 1 aromatic carbocycles. The monoisotopic (exact) mass is 334 g/mol. The first kappa shape index (κ1) is 18.7. The SMILES string of the molecule is COCCN1CCC(CNC(=O)CCOc2cccc(C)c2C)C1. The standard InChI is InChI=1S/C19H30N2O3/c1-15-5-4-6-18(16(15)2)24-11-8-19(22)20-13-17-7-9-21(14-17)10-12-23-3/h4-6,17H,7-14H2,1-3H3,(H,20,22). The molecule has 1 fully saturated rings. The van der Waals surface area contributed by atoms with Crippen LogP contribution < -0.4 is 10.1 Å². The molecule has 0 saturated carbocycles. The Balaban J connectivity index is 1.61. The van der Waals surface area contributed by atoms with Gasteiger partial charge in [-0.3, -0.25) is 4.79 Å². The van der Waals surface area contributed by atoms with Crippen molar-refractivity contribution >= 4 is 5.91 Å². The molecule has 0 spiro atoms. The zero-order valence-corrected chi connectivity index (χ0v) is 15.1. The highest BCUT2D eigenvalue weighted by Crippen LogP contribution is 2.20. The number of hydrogen-bond acceptors (Lipinski definition) is 4. The van der Waals surface area contributed by atoms with Crippen molar-refractivity contribution in [3.8, 4) is 5.75 Å². The van der Waals surface area contributed by atoms with E-state index in [2.05, 4.69) is 23.2 Å². The van der Waals surface area contributed by atoms with E-state index in [1.165, 1.54) is 5.56 Å². The highest BCUT2D eigenvalue weighted by atomic mass is 16.5. The summed E-state index contributed by atoms with van der Waals surface area (Å²) in [6.07, 6.45) is 1.54. The molecule has 1 N–H and O–H groups in total. The van der Waals surface area contributed by atoms with Crippen LogP contribution in [-0.4, -0.2) is 57.3 Å². The van der Waals surface area contributed by atoms with Gasteiger partial charge in [-0.25, -0.2) is 0 Å². The van der Waals surface area contributed by atoms with Crippen molar-refractivity contribution < 1.29 is 14.3 Å². The van der Waals surface area contributed by atoms with Crippen LogP contribution in [0.2, 0.25) is 0 Å². The van der Waals surface area contributed by atoms with Crippen molar-refractivity contribution in [2.45, 2.75) is 26.7 Å². The lowest BCUT2D eigenvalue weighted by Gasteiger charge is -2.15. The Morgan fingerprint density at radius 1 is 1.33 bits per heavy atom. The van der Waals surface area contributed by atoms with Crippen molar-refractivity contribution in [1.82, 2.24) is 10.2 Å². The second kappa shape index (κ2) is 9.64. The van der Waals surface area contributed by atoms with Crippen molar-refractivity contribution in [3.63, 3.8) is 0 Å². The number of hydrogen-bond donors (Lipinski definition) is 1. The molecule has 1 aliphatic heterocycles. The van der Waals surface area contributed by atoms with Gasteiger partial charge in [0, 0.05) is 26.7 Å². The largest absolute Gasteiger partial charge is 0.493 e. The molecule has 0 aliphatic carbocycles. The lowest BCUT2D eigenvalue weighted by atomic mass is 10.1. The predicted octanol–water partition coefficient (Wildman–Crippen LogP) is 2.16. The molecular formula is C19H30N2O3. The molecule has 5 heteroatoms. The minimum Gasteiger partial charge on any atom is -0.493 e. The number of ether oxygens (including phenoxy) is 2. The Kier molecular flexibility index (Phi) is 7.53. The fourth-order valence-corrected chi connectivity index (χ4v) is 2.98. The molecule has 2 rings (SSSR count). The molecule has 0 bridgehead atoms. The number of rotatable bonds is 9. The van der Waals surface area contributed by atoms with Gasteiger partial charge >= 0.3 is 0 Å². The summed E-state index contributed by atoms with van der Waals surface area (Å²) in [5, 5.41) is 3.04. The number of carbonyl (C=O) groups excluding carboxylic acids is 1. The first-order valence-corrected chi connectivity index (χ1v) is 8.77. The second-order valence-electron chi connectivity index (χ2n) is 6.55. The molecule has 0 aromatic heterocycles. The third kappa shape index (κ3) is 5.80. The highest BCUT2D eigenvalue weighted by molar-refractivity contribution is 5.76. The van der Waals surface area contributed by atoms with Gasteiger partial charge in [-0.15, -0.1) is 0 Å². The fraction of sp³-hybridized carbons (Fsp3) is 0.632. The molecule has 1 atom stereocenters. The van der Waals surface area contributed by atoms with E-state index < -0.39 is 0 Å². The fourth-order valence-electron chi connectivity index (χ4n) is 2.98. The van der Waals surface area contributed by atoms with Crippen LogP contribution in [0, 0.1) is 19.8 Å². The average molecular weight is 334 g/mol. The molecule has 1 unspecified atom stereocenters. The first-order valence-electron chi connectivity index (χ1n) is 8.77. The summed E-state index contributed by atoms with van der Waals surface area (Å²) in [4.78, 5) is 14.4. The summed E-state index contributed by atoms with van der Waals surface area (Å²) in [6, 6.07) is 5.99. The van der Waals surface area contributed by atoms with Crippen molar-refractivity contribution in [2.24, 2.45) is 5.92 Å². The molecule has 1 heterocycles. The summed E-state index contributed by atoms with van der Waals surface area (Å²) < 4.78 is 10.8. The lowest BCUT2D eigenvalue weighted by Crippen LogP contribution is -2.32. The van der Waals surface area contributed by atoms with E-state index in [0.29, 0.717) is 18.9 Å². The number of aryl methyl sites for hydroxylation is 1. The van der Waals surface area contributed by atoms with Gasteiger partial charge in [0.05, 0.1) is 19.6 Å². The van der Waals surface area contributed by atoms with Crippen LogP contribution in [-0.2, 0) is 9.53 Å². The zero-order valence-electron chi connectivity index (χ0n) is 15.1. The zero-order chi connectivity index (χ0) is 17.4. The van der Waals surface area contributed by atoms with E-state index in [1.807, 2.05) is 19.1 Å². The van der Waals surface area contributed by atoms with Crippen LogP contribution >= 0.6 is 0 Å².